The van der Waals surface area contributed by atoms with Crippen LogP contribution in [0, 0.1) is 5.41 Å². The Labute approximate surface area is 117 Å². The SMILES string of the molecule is CC(C(=O)NC1CCC(C)(C)CC1)N1CCNCC1. The molecule has 2 fully saturated rings. The highest BCUT2D eigenvalue weighted by molar-refractivity contribution is 5.81. The summed E-state index contributed by atoms with van der Waals surface area (Å²) in [5.41, 5.74) is 0.464. The fourth-order valence-electron chi connectivity index (χ4n) is 3.10. The number of nitrogens with one attached hydrogen (secondary N) is 2. The minimum Gasteiger partial charge on any atom is -0.352 e. The van der Waals surface area contributed by atoms with Crippen molar-refractivity contribution in [1.29, 1.82) is 0 Å². The van der Waals surface area contributed by atoms with E-state index in [-0.39, 0.29) is 11.9 Å². The highest BCUT2D eigenvalue weighted by atomic mass is 16.2. The number of piperazine rings is 1. The van der Waals surface area contributed by atoms with Gasteiger partial charge in [0.2, 0.25) is 5.91 Å². The number of amides is 1. The molecule has 0 aromatic heterocycles. The molecular formula is C15H29N3O. The predicted octanol–water partition coefficient (Wildman–Crippen LogP) is 1.37. The van der Waals surface area contributed by atoms with Gasteiger partial charge in [-0.1, -0.05) is 13.8 Å². The zero-order valence-corrected chi connectivity index (χ0v) is 12.7. The zero-order valence-electron chi connectivity index (χ0n) is 12.7. The third-order valence-corrected chi connectivity index (χ3v) is 4.76. The molecule has 1 saturated carbocycles. The fourth-order valence-corrected chi connectivity index (χ4v) is 3.10. The van der Waals surface area contributed by atoms with Gasteiger partial charge in [-0.05, 0) is 38.0 Å². The lowest BCUT2D eigenvalue weighted by Gasteiger charge is -2.36. The Balaban J connectivity index is 1.77. The topological polar surface area (TPSA) is 44.4 Å². The Bertz CT molecular complexity index is 301. The standard InChI is InChI=1S/C15H29N3O/c1-12(18-10-8-16-9-11-18)14(19)17-13-4-6-15(2,3)7-5-13/h12-13,16H,4-11H2,1-3H3,(H,17,19). The van der Waals surface area contributed by atoms with Crippen molar-refractivity contribution >= 4 is 5.91 Å². The molecule has 1 unspecified atom stereocenters. The number of nitrogens with zero attached hydrogens (tertiary/aromatic N) is 1. The van der Waals surface area contributed by atoms with Gasteiger partial charge in [0.1, 0.15) is 0 Å². The highest BCUT2D eigenvalue weighted by Gasteiger charge is 2.29. The first-order valence-corrected chi connectivity index (χ1v) is 7.73. The molecule has 0 aromatic carbocycles. The van der Waals surface area contributed by atoms with Crippen molar-refractivity contribution in [1.82, 2.24) is 15.5 Å². The van der Waals surface area contributed by atoms with Gasteiger partial charge < -0.3 is 10.6 Å². The smallest absolute Gasteiger partial charge is 0.237 e. The second-order valence-corrected chi connectivity index (χ2v) is 6.91. The van der Waals surface area contributed by atoms with Crippen LogP contribution in [0.3, 0.4) is 0 Å². The van der Waals surface area contributed by atoms with Crippen molar-refractivity contribution in [3.05, 3.63) is 0 Å². The first-order chi connectivity index (χ1) is 8.98. The van der Waals surface area contributed by atoms with E-state index in [4.69, 9.17) is 0 Å². The molecule has 4 heteroatoms. The van der Waals surface area contributed by atoms with Crippen molar-refractivity contribution in [3.8, 4) is 0 Å². The first-order valence-electron chi connectivity index (χ1n) is 7.73. The molecule has 110 valence electrons. The summed E-state index contributed by atoms with van der Waals surface area (Å²) in [6, 6.07) is 0.405. The van der Waals surface area contributed by atoms with Crippen LogP contribution in [-0.4, -0.2) is 49.1 Å². The summed E-state index contributed by atoms with van der Waals surface area (Å²) < 4.78 is 0. The molecule has 0 bridgehead atoms. The van der Waals surface area contributed by atoms with Crippen LogP contribution in [0.15, 0.2) is 0 Å². The van der Waals surface area contributed by atoms with E-state index in [1.807, 2.05) is 6.92 Å². The van der Waals surface area contributed by atoms with Gasteiger partial charge in [0.25, 0.3) is 0 Å². The number of carbonyl (C=O) groups is 1. The minimum absolute atomic E-state index is 0.0111. The lowest BCUT2D eigenvalue weighted by molar-refractivity contribution is -0.127. The average molecular weight is 267 g/mol. The molecule has 2 rings (SSSR count). The van der Waals surface area contributed by atoms with Crippen LogP contribution in [-0.2, 0) is 4.79 Å². The maximum atomic E-state index is 12.3. The van der Waals surface area contributed by atoms with E-state index in [2.05, 4.69) is 29.4 Å². The van der Waals surface area contributed by atoms with E-state index < -0.39 is 0 Å². The van der Waals surface area contributed by atoms with Crippen LogP contribution in [0.5, 0.6) is 0 Å². The summed E-state index contributed by atoms with van der Waals surface area (Å²) >= 11 is 0. The minimum atomic E-state index is 0.0111. The first kappa shape index (κ1) is 14.8. The summed E-state index contributed by atoms with van der Waals surface area (Å²) in [4.78, 5) is 14.6. The van der Waals surface area contributed by atoms with Crippen LogP contribution in [0.25, 0.3) is 0 Å². The van der Waals surface area contributed by atoms with Crippen molar-refractivity contribution in [2.45, 2.75) is 58.5 Å². The molecule has 19 heavy (non-hydrogen) atoms. The van der Waals surface area contributed by atoms with Gasteiger partial charge in [0, 0.05) is 32.2 Å². The van der Waals surface area contributed by atoms with E-state index in [1.54, 1.807) is 0 Å². The van der Waals surface area contributed by atoms with Crippen LogP contribution in [0.1, 0.15) is 46.5 Å². The molecule has 1 aliphatic carbocycles. The van der Waals surface area contributed by atoms with E-state index >= 15 is 0 Å². The van der Waals surface area contributed by atoms with Crippen LogP contribution < -0.4 is 10.6 Å². The second-order valence-electron chi connectivity index (χ2n) is 6.91. The molecule has 1 amide bonds. The molecule has 0 spiro atoms. The van der Waals surface area contributed by atoms with Gasteiger partial charge in [-0.25, -0.2) is 0 Å². The number of hydrogen-bond donors (Lipinski definition) is 2. The molecule has 4 nitrogen and oxygen atoms in total. The van der Waals surface area contributed by atoms with Gasteiger partial charge >= 0.3 is 0 Å². The van der Waals surface area contributed by atoms with Crippen LogP contribution in [0.2, 0.25) is 0 Å². The van der Waals surface area contributed by atoms with Gasteiger partial charge in [-0.15, -0.1) is 0 Å². The fraction of sp³-hybridized carbons (Fsp3) is 0.933. The lowest BCUT2D eigenvalue weighted by Crippen LogP contribution is -2.54. The molecule has 1 atom stereocenters. The van der Waals surface area contributed by atoms with Gasteiger partial charge in [0.05, 0.1) is 6.04 Å². The van der Waals surface area contributed by atoms with E-state index in [0.717, 1.165) is 39.0 Å². The summed E-state index contributed by atoms with van der Waals surface area (Å²) in [5.74, 6) is 0.214. The normalized spacial score (nSPS) is 26.9. The highest BCUT2D eigenvalue weighted by Crippen LogP contribution is 2.34. The van der Waals surface area contributed by atoms with Crippen molar-refractivity contribution < 1.29 is 4.79 Å². The largest absolute Gasteiger partial charge is 0.352 e. The predicted molar refractivity (Wildman–Crippen MR) is 78.1 cm³/mol. The third-order valence-electron chi connectivity index (χ3n) is 4.76. The van der Waals surface area contributed by atoms with E-state index in [9.17, 15) is 4.79 Å². The number of rotatable bonds is 3. The molecule has 0 aromatic rings. The summed E-state index contributed by atoms with van der Waals surface area (Å²) in [6.45, 7) is 10.6. The van der Waals surface area contributed by atoms with Crippen LogP contribution in [0.4, 0.5) is 0 Å². The Morgan fingerprint density at radius 1 is 1.26 bits per heavy atom. The monoisotopic (exact) mass is 267 g/mol. The summed E-state index contributed by atoms with van der Waals surface area (Å²) in [5, 5.41) is 6.58. The Hall–Kier alpha value is -0.610. The maximum absolute atomic E-state index is 12.3. The van der Waals surface area contributed by atoms with E-state index in [0.29, 0.717) is 11.5 Å². The molecule has 1 aliphatic heterocycles. The maximum Gasteiger partial charge on any atom is 0.237 e. The average Bonchev–Trinajstić information content (AvgIpc) is 2.41. The Kier molecular flexibility index (Phi) is 4.85. The molecule has 2 N–H and O–H groups in total. The number of hydrogen-bond acceptors (Lipinski definition) is 3. The molecule has 1 saturated heterocycles. The van der Waals surface area contributed by atoms with Crippen molar-refractivity contribution in [2.24, 2.45) is 5.41 Å². The molecular weight excluding hydrogens is 238 g/mol. The van der Waals surface area contributed by atoms with Gasteiger partial charge in [-0.2, -0.15) is 0 Å². The number of carbonyl (C=O) groups excluding carboxylic acids is 1. The molecule has 1 heterocycles. The summed E-state index contributed by atoms with van der Waals surface area (Å²) in [6.07, 6.45) is 4.71. The third kappa shape index (κ3) is 4.18. The lowest BCUT2D eigenvalue weighted by atomic mass is 9.75. The van der Waals surface area contributed by atoms with Crippen LogP contribution >= 0.6 is 0 Å². The van der Waals surface area contributed by atoms with Gasteiger partial charge in [-0.3, -0.25) is 9.69 Å². The summed E-state index contributed by atoms with van der Waals surface area (Å²) in [7, 11) is 0. The quantitative estimate of drug-likeness (QED) is 0.811. The molecule has 2 aliphatic rings. The van der Waals surface area contributed by atoms with Gasteiger partial charge in [0.15, 0.2) is 0 Å². The second kappa shape index (κ2) is 6.23. The Morgan fingerprint density at radius 3 is 2.42 bits per heavy atom. The Morgan fingerprint density at radius 2 is 1.84 bits per heavy atom. The zero-order chi connectivity index (χ0) is 13.9. The van der Waals surface area contributed by atoms with Crippen molar-refractivity contribution in [2.75, 3.05) is 26.2 Å². The van der Waals surface area contributed by atoms with Crippen molar-refractivity contribution in [3.63, 3.8) is 0 Å². The molecule has 0 radical (unpaired) electrons. The van der Waals surface area contributed by atoms with E-state index in [1.165, 1.54) is 12.8 Å².